The van der Waals surface area contributed by atoms with Crippen LogP contribution in [0.25, 0.3) is 0 Å². The molecule has 1 aromatic rings. The summed E-state index contributed by atoms with van der Waals surface area (Å²) < 4.78 is 0.965. The average Bonchev–Trinajstić information content (AvgIpc) is 2.07. The van der Waals surface area contributed by atoms with Gasteiger partial charge in [-0.25, -0.2) is 0 Å². The van der Waals surface area contributed by atoms with Crippen LogP contribution < -0.4 is 0 Å². The maximum atomic E-state index is 8.69. The van der Waals surface area contributed by atoms with Crippen LogP contribution in [0.1, 0.15) is 19.9 Å². The highest BCUT2D eigenvalue weighted by molar-refractivity contribution is 9.10. The molecule has 0 aliphatic rings. The van der Waals surface area contributed by atoms with Crippen LogP contribution in [0.15, 0.2) is 28.7 Å². The Morgan fingerprint density at radius 1 is 1.23 bits per heavy atom. The van der Waals surface area contributed by atoms with Gasteiger partial charge in [0.1, 0.15) is 0 Å². The maximum absolute atomic E-state index is 8.69. The highest BCUT2D eigenvalue weighted by Gasteiger charge is 1.92. The van der Waals surface area contributed by atoms with Gasteiger partial charge in [0.15, 0.2) is 0 Å². The smallest absolute Gasteiger partial charge is 0.0692 e. The van der Waals surface area contributed by atoms with Gasteiger partial charge in [-0.15, -0.1) is 0 Å². The van der Waals surface area contributed by atoms with Crippen molar-refractivity contribution >= 4 is 15.9 Å². The largest absolute Gasteiger partial charge is 0.397 e. The zero-order chi connectivity index (χ0) is 9.40. The molecule has 0 atom stereocenters. The van der Waals surface area contributed by atoms with Crippen molar-refractivity contribution in [1.29, 1.82) is 0 Å². The summed E-state index contributed by atoms with van der Waals surface area (Å²) in [6, 6.07) is 7.61. The van der Waals surface area contributed by atoms with Crippen molar-refractivity contribution in [3.63, 3.8) is 0 Å². The molecular formula is C10H17BrO2. The van der Waals surface area contributed by atoms with E-state index in [1.54, 1.807) is 6.92 Å². The van der Waals surface area contributed by atoms with E-state index >= 15 is 0 Å². The SMILES string of the molecule is C.CCO.OCc1ccccc1Br. The summed E-state index contributed by atoms with van der Waals surface area (Å²) in [6.07, 6.45) is 0. The molecule has 0 aromatic heterocycles. The Hall–Kier alpha value is -0.380. The van der Waals surface area contributed by atoms with Crippen LogP contribution in [-0.4, -0.2) is 16.8 Å². The zero-order valence-electron chi connectivity index (χ0n) is 7.00. The van der Waals surface area contributed by atoms with Gasteiger partial charge in [0, 0.05) is 11.1 Å². The number of benzene rings is 1. The second-order valence-electron chi connectivity index (χ2n) is 2.07. The van der Waals surface area contributed by atoms with E-state index in [0.717, 1.165) is 10.0 Å². The normalized spacial score (nSPS) is 8.00. The summed E-state index contributed by atoms with van der Waals surface area (Å²) in [6.45, 7) is 2.03. The molecule has 2 nitrogen and oxygen atoms in total. The predicted octanol–water partition coefficient (Wildman–Crippen LogP) is 2.58. The first-order valence-electron chi connectivity index (χ1n) is 3.71. The summed E-state index contributed by atoms with van der Waals surface area (Å²) >= 11 is 3.30. The highest BCUT2D eigenvalue weighted by atomic mass is 79.9. The Kier molecular flexibility index (Phi) is 11.3. The predicted molar refractivity (Wildman–Crippen MR) is 59.6 cm³/mol. The minimum absolute atomic E-state index is 0. The lowest BCUT2D eigenvalue weighted by atomic mass is 10.2. The summed E-state index contributed by atoms with van der Waals surface area (Å²) in [5.74, 6) is 0. The van der Waals surface area contributed by atoms with E-state index in [9.17, 15) is 0 Å². The fraction of sp³-hybridized carbons (Fsp3) is 0.400. The number of hydrogen-bond acceptors (Lipinski definition) is 2. The van der Waals surface area contributed by atoms with Gasteiger partial charge in [-0.1, -0.05) is 41.6 Å². The Balaban J connectivity index is 0. The molecule has 13 heavy (non-hydrogen) atoms. The maximum Gasteiger partial charge on any atom is 0.0692 e. The van der Waals surface area contributed by atoms with Crippen molar-refractivity contribution < 1.29 is 10.2 Å². The van der Waals surface area contributed by atoms with Gasteiger partial charge in [0.2, 0.25) is 0 Å². The average molecular weight is 249 g/mol. The van der Waals surface area contributed by atoms with Gasteiger partial charge in [0.25, 0.3) is 0 Å². The van der Waals surface area contributed by atoms with Crippen LogP contribution in [0.3, 0.4) is 0 Å². The van der Waals surface area contributed by atoms with Crippen LogP contribution in [-0.2, 0) is 6.61 Å². The van der Waals surface area contributed by atoms with Crippen LogP contribution in [0.2, 0.25) is 0 Å². The molecular weight excluding hydrogens is 232 g/mol. The fourth-order valence-electron chi connectivity index (χ4n) is 0.627. The third-order valence-corrected chi connectivity index (χ3v) is 1.90. The van der Waals surface area contributed by atoms with E-state index in [1.165, 1.54) is 0 Å². The molecule has 3 heteroatoms. The first kappa shape index (κ1) is 15.1. The molecule has 1 aromatic carbocycles. The minimum Gasteiger partial charge on any atom is -0.397 e. The number of aliphatic hydroxyl groups excluding tert-OH is 2. The molecule has 0 radical (unpaired) electrons. The Bertz CT molecular complexity index is 214. The van der Waals surface area contributed by atoms with Crippen molar-refractivity contribution in [2.45, 2.75) is 21.0 Å². The van der Waals surface area contributed by atoms with Gasteiger partial charge < -0.3 is 10.2 Å². The van der Waals surface area contributed by atoms with E-state index in [4.69, 9.17) is 10.2 Å². The summed E-state index contributed by atoms with van der Waals surface area (Å²) in [4.78, 5) is 0. The molecule has 0 saturated carbocycles. The number of halogens is 1. The van der Waals surface area contributed by atoms with E-state index < -0.39 is 0 Å². The molecule has 0 saturated heterocycles. The molecule has 0 spiro atoms. The summed E-state index contributed by atoms with van der Waals surface area (Å²) in [5, 5.41) is 16.3. The third kappa shape index (κ3) is 6.75. The highest BCUT2D eigenvalue weighted by Crippen LogP contribution is 2.14. The summed E-state index contributed by atoms with van der Waals surface area (Å²) in [5.41, 5.74) is 0.928. The summed E-state index contributed by atoms with van der Waals surface area (Å²) in [7, 11) is 0. The monoisotopic (exact) mass is 248 g/mol. The Morgan fingerprint density at radius 2 is 1.69 bits per heavy atom. The molecule has 0 aliphatic heterocycles. The quantitative estimate of drug-likeness (QED) is 0.803. The van der Waals surface area contributed by atoms with Crippen molar-refractivity contribution in [3.05, 3.63) is 34.3 Å². The standard InChI is InChI=1S/C7H7BrO.C2H6O.CH4/c8-7-4-2-1-3-6(7)5-9;1-2-3;/h1-4,9H,5H2;3H,2H2,1H3;1H4. The molecule has 2 N–H and O–H groups in total. The number of hydrogen-bond donors (Lipinski definition) is 2. The first-order valence-corrected chi connectivity index (χ1v) is 4.50. The van der Waals surface area contributed by atoms with Crippen LogP contribution in [0, 0.1) is 0 Å². The third-order valence-electron chi connectivity index (χ3n) is 1.13. The van der Waals surface area contributed by atoms with Crippen LogP contribution in [0.4, 0.5) is 0 Å². The molecule has 0 bridgehead atoms. The topological polar surface area (TPSA) is 40.5 Å². The molecule has 0 heterocycles. The molecule has 0 amide bonds. The van der Waals surface area contributed by atoms with E-state index in [0.29, 0.717) is 0 Å². The molecule has 0 aliphatic carbocycles. The lowest BCUT2D eigenvalue weighted by Gasteiger charge is -1.96. The molecule has 76 valence electrons. The van der Waals surface area contributed by atoms with Crippen molar-refractivity contribution in [1.82, 2.24) is 0 Å². The number of rotatable bonds is 1. The minimum atomic E-state index is 0. The van der Waals surface area contributed by atoms with Crippen molar-refractivity contribution in [3.8, 4) is 0 Å². The molecule has 1 rings (SSSR count). The van der Waals surface area contributed by atoms with Crippen LogP contribution in [0.5, 0.6) is 0 Å². The van der Waals surface area contributed by atoms with Gasteiger partial charge in [-0.2, -0.15) is 0 Å². The second kappa shape index (κ2) is 9.71. The van der Waals surface area contributed by atoms with Crippen molar-refractivity contribution in [2.24, 2.45) is 0 Å². The Morgan fingerprint density at radius 3 is 2.00 bits per heavy atom. The number of aliphatic hydroxyl groups is 2. The van der Waals surface area contributed by atoms with E-state index in [-0.39, 0.29) is 20.6 Å². The lowest BCUT2D eigenvalue weighted by Crippen LogP contribution is -1.81. The van der Waals surface area contributed by atoms with Crippen LogP contribution >= 0.6 is 15.9 Å². The van der Waals surface area contributed by atoms with Gasteiger partial charge in [0.05, 0.1) is 6.61 Å². The van der Waals surface area contributed by atoms with E-state index in [1.807, 2.05) is 24.3 Å². The van der Waals surface area contributed by atoms with Crippen molar-refractivity contribution in [2.75, 3.05) is 6.61 Å². The van der Waals surface area contributed by atoms with Gasteiger partial charge in [-0.3, -0.25) is 0 Å². The second-order valence-corrected chi connectivity index (χ2v) is 2.92. The van der Waals surface area contributed by atoms with Gasteiger partial charge in [-0.05, 0) is 18.6 Å². The zero-order valence-corrected chi connectivity index (χ0v) is 8.58. The molecule has 0 fully saturated rings. The Labute approximate surface area is 88.4 Å². The first-order chi connectivity index (χ1) is 5.76. The lowest BCUT2D eigenvalue weighted by molar-refractivity contribution is 0.281. The van der Waals surface area contributed by atoms with E-state index in [2.05, 4.69) is 15.9 Å². The van der Waals surface area contributed by atoms with Gasteiger partial charge >= 0.3 is 0 Å². The fourth-order valence-corrected chi connectivity index (χ4v) is 1.04. The molecule has 0 unspecified atom stereocenters.